The monoisotopic (exact) mass is 215 g/mol. The molecule has 0 aromatic heterocycles. The van der Waals surface area contributed by atoms with Crippen LogP contribution in [0.5, 0.6) is 0 Å². The average molecular weight is 215 g/mol. The van der Waals surface area contributed by atoms with Crippen molar-refractivity contribution in [2.45, 2.75) is 64.8 Å². The maximum atomic E-state index is 11.3. The Labute approximate surface area is 93.3 Å². The van der Waals surface area contributed by atoms with Crippen molar-refractivity contribution < 1.29 is 9.90 Å². The summed E-state index contributed by atoms with van der Waals surface area (Å²) in [4.78, 5) is 11.3. The van der Waals surface area contributed by atoms with Gasteiger partial charge in [0, 0.05) is 12.5 Å². The Morgan fingerprint density at radius 2 is 1.80 bits per heavy atom. The number of amides is 1. The van der Waals surface area contributed by atoms with Crippen molar-refractivity contribution in [2.75, 3.05) is 6.61 Å². The third-order valence-electron chi connectivity index (χ3n) is 2.44. The number of nitrogens with one attached hydrogen (secondary N) is 1. The molecule has 0 saturated heterocycles. The molecule has 0 rings (SSSR count). The summed E-state index contributed by atoms with van der Waals surface area (Å²) in [6.45, 7) is 4.02. The van der Waals surface area contributed by atoms with Crippen LogP contribution in [0.1, 0.15) is 58.8 Å². The molecule has 90 valence electrons. The lowest BCUT2D eigenvalue weighted by Gasteiger charge is -2.10. The lowest BCUT2D eigenvalue weighted by Crippen LogP contribution is -2.34. The third kappa shape index (κ3) is 9.73. The highest BCUT2D eigenvalue weighted by molar-refractivity contribution is 5.76. The molecule has 15 heavy (non-hydrogen) atoms. The lowest BCUT2D eigenvalue weighted by atomic mass is 10.1. The second kappa shape index (κ2) is 9.97. The summed E-state index contributed by atoms with van der Waals surface area (Å²) in [5.74, 6) is 0.0621. The van der Waals surface area contributed by atoms with Crippen LogP contribution in [-0.2, 0) is 4.79 Å². The van der Waals surface area contributed by atoms with Crippen LogP contribution >= 0.6 is 0 Å². The molecule has 1 amide bonds. The summed E-state index contributed by atoms with van der Waals surface area (Å²) in [5, 5.41) is 11.5. The van der Waals surface area contributed by atoms with Gasteiger partial charge < -0.3 is 10.4 Å². The third-order valence-corrected chi connectivity index (χ3v) is 2.44. The maximum Gasteiger partial charge on any atom is 0.220 e. The lowest BCUT2D eigenvalue weighted by molar-refractivity contribution is -0.122. The number of aliphatic hydroxyl groups is 1. The molecule has 0 aromatic carbocycles. The molecule has 1 unspecified atom stereocenters. The van der Waals surface area contributed by atoms with E-state index in [9.17, 15) is 4.79 Å². The van der Waals surface area contributed by atoms with Gasteiger partial charge in [-0.05, 0) is 13.3 Å². The Balaban J connectivity index is 3.24. The summed E-state index contributed by atoms with van der Waals surface area (Å²) < 4.78 is 0. The first-order valence-corrected chi connectivity index (χ1v) is 6.11. The second-order valence-electron chi connectivity index (χ2n) is 4.17. The molecule has 0 heterocycles. The van der Waals surface area contributed by atoms with Gasteiger partial charge >= 0.3 is 0 Å². The van der Waals surface area contributed by atoms with Crippen LogP contribution in [0.25, 0.3) is 0 Å². The fourth-order valence-corrected chi connectivity index (χ4v) is 1.46. The van der Waals surface area contributed by atoms with Crippen LogP contribution in [-0.4, -0.2) is 23.7 Å². The summed E-state index contributed by atoms with van der Waals surface area (Å²) in [7, 11) is 0. The van der Waals surface area contributed by atoms with Gasteiger partial charge in [0.05, 0.1) is 6.61 Å². The summed E-state index contributed by atoms with van der Waals surface area (Å²) in [6.07, 6.45) is 7.77. The molecule has 3 nitrogen and oxygen atoms in total. The predicted molar refractivity (Wildman–Crippen MR) is 62.7 cm³/mol. The zero-order valence-corrected chi connectivity index (χ0v) is 10.1. The molecule has 0 fully saturated rings. The van der Waals surface area contributed by atoms with E-state index in [1.807, 2.05) is 0 Å². The highest BCUT2D eigenvalue weighted by Crippen LogP contribution is 2.06. The van der Waals surface area contributed by atoms with Gasteiger partial charge in [-0.1, -0.05) is 39.0 Å². The Morgan fingerprint density at radius 3 is 2.40 bits per heavy atom. The number of hydrogen-bond acceptors (Lipinski definition) is 2. The van der Waals surface area contributed by atoms with E-state index < -0.39 is 0 Å². The van der Waals surface area contributed by atoms with Crippen LogP contribution in [0.15, 0.2) is 0 Å². The van der Waals surface area contributed by atoms with Crippen molar-refractivity contribution in [3.05, 3.63) is 0 Å². The molecule has 0 radical (unpaired) electrons. The Hall–Kier alpha value is -0.570. The van der Waals surface area contributed by atoms with Crippen molar-refractivity contribution >= 4 is 5.91 Å². The van der Waals surface area contributed by atoms with E-state index in [4.69, 9.17) is 5.11 Å². The minimum absolute atomic E-state index is 0.0161. The molecule has 0 spiro atoms. The van der Waals surface area contributed by atoms with Crippen molar-refractivity contribution in [2.24, 2.45) is 0 Å². The fraction of sp³-hybridized carbons (Fsp3) is 0.917. The number of unbranched alkanes of at least 4 members (excludes halogenated alkanes) is 5. The van der Waals surface area contributed by atoms with Gasteiger partial charge in [-0.25, -0.2) is 0 Å². The van der Waals surface area contributed by atoms with Gasteiger partial charge in [-0.15, -0.1) is 0 Å². The van der Waals surface area contributed by atoms with Gasteiger partial charge in [0.1, 0.15) is 0 Å². The van der Waals surface area contributed by atoms with Gasteiger partial charge in [-0.2, -0.15) is 0 Å². The first-order chi connectivity index (χ1) is 7.20. The van der Waals surface area contributed by atoms with E-state index in [1.54, 1.807) is 6.92 Å². The molecule has 0 saturated carbocycles. The normalized spacial score (nSPS) is 12.5. The number of hydrogen-bond donors (Lipinski definition) is 2. The molecular weight excluding hydrogens is 190 g/mol. The van der Waals surface area contributed by atoms with Gasteiger partial charge in [0.15, 0.2) is 0 Å². The molecule has 0 aliphatic carbocycles. The molecule has 1 atom stereocenters. The standard InChI is InChI=1S/C12H25NO2/c1-3-4-5-6-7-8-9-12(15)13-11(2)10-14/h11,14H,3-10H2,1-2H3,(H,13,15). The van der Waals surface area contributed by atoms with Crippen molar-refractivity contribution in [1.82, 2.24) is 5.32 Å². The number of carbonyl (C=O) groups excluding carboxylic acids is 1. The highest BCUT2D eigenvalue weighted by Gasteiger charge is 2.04. The van der Waals surface area contributed by atoms with E-state index in [2.05, 4.69) is 12.2 Å². The Bertz CT molecular complexity index is 160. The highest BCUT2D eigenvalue weighted by atomic mass is 16.3. The van der Waals surface area contributed by atoms with Crippen molar-refractivity contribution in [3.63, 3.8) is 0 Å². The molecule has 2 N–H and O–H groups in total. The fourth-order valence-electron chi connectivity index (χ4n) is 1.46. The number of rotatable bonds is 9. The molecule has 0 bridgehead atoms. The smallest absolute Gasteiger partial charge is 0.220 e. The summed E-state index contributed by atoms with van der Waals surface area (Å²) in [5.41, 5.74) is 0. The summed E-state index contributed by atoms with van der Waals surface area (Å²) >= 11 is 0. The van der Waals surface area contributed by atoms with E-state index in [-0.39, 0.29) is 18.6 Å². The van der Waals surface area contributed by atoms with Crippen molar-refractivity contribution in [1.29, 1.82) is 0 Å². The van der Waals surface area contributed by atoms with E-state index in [0.717, 1.165) is 12.8 Å². The summed E-state index contributed by atoms with van der Waals surface area (Å²) in [6, 6.07) is -0.113. The zero-order valence-electron chi connectivity index (χ0n) is 10.1. The minimum atomic E-state index is -0.113. The maximum absolute atomic E-state index is 11.3. The van der Waals surface area contributed by atoms with Gasteiger partial charge in [0.2, 0.25) is 5.91 Å². The van der Waals surface area contributed by atoms with Crippen LogP contribution in [0, 0.1) is 0 Å². The SMILES string of the molecule is CCCCCCCCC(=O)NC(C)CO. The molecule has 0 aliphatic heterocycles. The van der Waals surface area contributed by atoms with Gasteiger partial charge in [-0.3, -0.25) is 4.79 Å². The van der Waals surface area contributed by atoms with Gasteiger partial charge in [0.25, 0.3) is 0 Å². The minimum Gasteiger partial charge on any atom is -0.394 e. The first kappa shape index (κ1) is 14.4. The Morgan fingerprint density at radius 1 is 1.20 bits per heavy atom. The van der Waals surface area contributed by atoms with Crippen LogP contribution in [0.4, 0.5) is 0 Å². The molecule has 0 aliphatic rings. The van der Waals surface area contributed by atoms with E-state index in [0.29, 0.717) is 6.42 Å². The second-order valence-corrected chi connectivity index (χ2v) is 4.17. The first-order valence-electron chi connectivity index (χ1n) is 6.11. The molecule has 0 aromatic rings. The van der Waals surface area contributed by atoms with E-state index in [1.165, 1.54) is 25.7 Å². The average Bonchev–Trinajstić information content (AvgIpc) is 2.23. The van der Waals surface area contributed by atoms with Crippen molar-refractivity contribution in [3.8, 4) is 0 Å². The van der Waals surface area contributed by atoms with E-state index >= 15 is 0 Å². The van der Waals surface area contributed by atoms with Crippen LogP contribution < -0.4 is 5.32 Å². The largest absolute Gasteiger partial charge is 0.394 e. The van der Waals surface area contributed by atoms with Crippen LogP contribution in [0.3, 0.4) is 0 Å². The predicted octanol–water partition coefficient (Wildman–Crippen LogP) is 2.23. The topological polar surface area (TPSA) is 49.3 Å². The quantitative estimate of drug-likeness (QED) is 0.579. The molecular formula is C12H25NO2. The zero-order chi connectivity index (χ0) is 11.5. The number of aliphatic hydroxyl groups excluding tert-OH is 1. The number of carbonyl (C=O) groups is 1. The molecule has 3 heteroatoms. The Kier molecular flexibility index (Phi) is 9.59. The van der Waals surface area contributed by atoms with Crippen LogP contribution in [0.2, 0.25) is 0 Å².